The molecular weight excluding hydrogens is 354 g/mol. The first kappa shape index (κ1) is 15.9. The summed E-state index contributed by atoms with van der Waals surface area (Å²) in [4.78, 5) is 11.9. The van der Waals surface area contributed by atoms with Crippen LogP contribution in [-0.4, -0.2) is 12.5 Å². The fraction of sp³-hybridized carbons (Fsp3) is 0.188. The average molecular weight is 369 g/mol. The molecule has 0 radical (unpaired) electrons. The third kappa shape index (κ3) is 4.48. The Kier molecular flexibility index (Phi) is 5.65. The predicted molar refractivity (Wildman–Crippen MR) is 87.6 cm³/mol. The monoisotopic (exact) mass is 367 g/mol. The number of nitrogens with one attached hydrogen (secondary N) is 1. The highest BCUT2D eigenvalue weighted by atomic mass is 79.9. The van der Waals surface area contributed by atoms with E-state index in [1.807, 2.05) is 43.3 Å². The molecule has 0 aromatic heterocycles. The van der Waals surface area contributed by atoms with Gasteiger partial charge in [-0.2, -0.15) is 0 Å². The van der Waals surface area contributed by atoms with Gasteiger partial charge in [-0.15, -0.1) is 0 Å². The maximum absolute atomic E-state index is 11.9. The molecule has 0 aliphatic heterocycles. The summed E-state index contributed by atoms with van der Waals surface area (Å²) in [6.07, 6.45) is 0. The summed E-state index contributed by atoms with van der Waals surface area (Å²) in [5.41, 5.74) is 1.02. The van der Waals surface area contributed by atoms with Crippen molar-refractivity contribution in [3.8, 4) is 5.75 Å². The van der Waals surface area contributed by atoms with E-state index < -0.39 is 0 Å². The molecule has 21 heavy (non-hydrogen) atoms. The van der Waals surface area contributed by atoms with Gasteiger partial charge in [0.15, 0.2) is 6.61 Å². The fourth-order valence-corrected chi connectivity index (χ4v) is 2.71. The number of carbonyl (C=O) groups excluding carboxylic acids is 1. The van der Waals surface area contributed by atoms with E-state index in [1.165, 1.54) is 0 Å². The zero-order chi connectivity index (χ0) is 15.2. The minimum absolute atomic E-state index is 0.0709. The van der Waals surface area contributed by atoms with Crippen molar-refractivity contribution in [1.29, 1.82) is 0 Å². The smallest absolute Gasteiger partial charge is 0.258 e. The van der Waals surface area contributed by atoms with Crippen LogP contribution in [-0.2, 0) is 4.79 Å². The molecule has 1 amide bonds. The number of para-hydroxylation sites is 1. The Bertz CT molecular complexity index is 633. The van der Waals surface area contributed by atoms with Gasteiger partial charge in [-0.1, -0.05) is 57.9 Å². The van der Waals surface area contributed by atoms with Crippen LogP contribution in [0.15, 0.2) is 53.0 Å². The third-order valence-electron chi connectivity index (χ3n) is 2.94. The lowest BCUT2D eigenvalue weighted by atomic mass is 10.1. The Morgan fingerprint density at radius 3 is 2.62 bits per heavy atom. The summed E-state index contributed by atoms with van der Waals surface area (Å²) >= 11 is 9.44. The molecular formula is C16H15BrClNO2. The van der Waals surface area contributed by atoms with Crippen molar-refractivity contribution >= 4 is 33.4 Å². The second-order valence-electron chi connectivity index (χ2n) is 4.53. The van der Waals surface area contributed by atoms with Crippen LogP contribution in [0, 0.1) is 0 Å². The van der Waals surface area contributed by atoms with Crippen molar-refractivity contribution < 1.29 is 9.53 Å². The molecule has 0 fully saturated rings. The molecule has 110 valence electrons. The summed E-state index contributed by atoms with van der Waals surface area (Å²) in [6, 6.07) is 14.7. The Labute approximate surface area is 137 Å². The van der Waals surface area contributed by atoms with Crippen molar-refractivity contribution in [3.05, 3.63) is 63.6 Å². The van der Waals surface area contributed by atoms with E-state index in [-0.39, 0.29) is 18.6 Å². The summed E-state index contributed by atoms with van der Waals surface area (Å²) in [6.45, 7) is 1.85. The molecule has 0 saturated heterocycles. The number of amides is 1. The second kappa shape index (κ2) is 7.48. The van der Waals surface area contributed by atoms with Crippen LogP contribution in [0.25, 0.3) is 0 Å². The lowest BCUT2D eigenvalue weighted by Crippen LogP contribution is -2.31. The van der Waals surface area contributed by atoms with Gasteiger partial charge in [0.2, 0.25) is 0 Å². The molecule has 0 saturated carbocycles. The minimum atomic E-state index is -0.196. The lowest BCUT2D eigenvalue weighted by Gasteiger charge is -2.16. The molecule has 2 aromatic rings. The van der Waals surface area contributed by atoms with Crippen molar-refractivity contribution in [2.75, 3.05) is 6.61 Å². The molecule has 0 heterocycles. The number of carbonyl (C=O) groups is 1. The normalized spacial score (nSPS) is 11.8. The Morgan fingerprint density at radius 1 is 1.24 bits per heavy atom. The third-order valence-corrected chi connectivity index (χ3v) is 3.98. The van der Waals surface area contributed by atoms with Gasteiger partial charge in [0.05, 0.1) is 11.1 Å². The van der Waals surface area contributed by atoms with E-state index in [9.17, 15) is 4.79 Å². The largest absolute Gasteiger partial charge is 0.482 e. The quantitative estimate of drug-likeness (QED) is 0.851. The van der Waals surface area contributed by atoms with E-state index in [0.717, 1.165) is 10.0 Å². The molecule has 2 aromatic carbocycles. The molecule has 1 unspecified atom stereocenters. The summed E-state index contributed by atoms with van der Waals surface area (Å²) < 4.78 is 6.37. The van der Waals surface area contributed by atoms with Gasteiger partial charge in [0, 0.05) is 4.47 Å². The van der Waals surface area contributed by atoms with Crippen molar-refractivity contribution in [2.24, 2.45) is 0 Å². The average Bonchev–Trinajstić information content (AvgIpc) is 2.46. The maximum atomic E-state index is 11.9. The van der Waals surface area contributed by atoms with Gasteiger partial charge in [0.1, 0.15) is 5.75 Å². The second-order valence-corrected chi connectivity index (χ2v) is 5.79. The van der Waals surface area contributed by atoms with E-state index in [1.54, 1.807) is 12.1 Å². The zero-order valence-electron chi connectivity index (χ0n) is 11.5. The van der Waals surface area contributed by atoms with Gasteiger partial charge in [0.25, 0.3) is 5.91 Å². The lowest BCUT2D eigenvalue weighted by molar-refractivity contribution is -0.123. The Balaban J connectivity index is 1.90. The van der Waals surface area contributed by atoms with Gasteiger partial charge < -0.3 is 10.1 Å². The van der Waals surface area contributed by atoms with Gasteiger partial charge in [-0.25, -0.2) is 0 Å². The molecule has 5 heteroatoms. The highest BCUT2D eigenvalue weighted by molar-refractivity contribution is 9.10. The number of hydrogen-bond acceptors (Lipinski definition) is 2. The molecule has 1 atom stereocenters. The molecule has 0 spiro atoms. The van der Waals surface area contributed by atoms with Crippen LogP contribution in [0.5, 0.6) is 5.75 Å². The topological polar surface area (TPSA) is 38.3 Å². The van der Waals surface area contributed by atoms with Crippen LogP contribution in [0.3, 0.4) is 0 Å². The van der Waals surface area contributed by atoms with Gasteiger partial charge >= 0.3 is 0 Å². The molecule has 0 aliphatic carbocycles. The summed E-state index contributed by atoms with van der Waals surface area (Å²) in [5, 5.41) is 3.38. The molecule has 1 N–H and O–H groups in total. The number of benzene rings is 2. The number of halogens is 2. The van der Waals surface area contributed by atoms with Crippen molar-refractivity contribution in [2.45, 2.75) is 13.0 Å². The van der Waals surface area contributed by atoms with Crippen LogP contribution < -0.4 is 10.1 Å². The van der Waals surface area contributed by atoms with Crippen LogP contribution >= 0.6 is 27.5 Å². The van der Waals surface area contributed by atoms with E-state index in [4.69, 9.17) is 16.3 Å². The molecule has 0 bridgehead atoms. The summed E-state index contributed by atoms with van der Waals surface area (Å²) in [7, 11) is 0. The fourth-order valence-electron chi connectivity index (χ4n) is 1.89. The maximum Gasteiger partial charge on any atom is 0.258 e. The first-order chi connectivity index (χ1) is 10.1. The highest BCUT2D eigenvalue weighted by Crippen LogP contribution is 2.24. The van der Waals surface area contributed by atoms with E-state index >= 15 is 0 Å². The van der Waals surface area contributed by atoms with Crippen LogP contribution in [0.4, 0.5) is 0 Å². The van der Waals surface area contributed by atoms with E-state index in [2.05, 4.69) is 21.2 Å². The molecule has 0 aliphatic rings. The first-order valence-corrected chi connectivity index (χ1v) is 7.66. The Morgan fingerprint density at radius 2 is 1.90 bits per heavy atom. The number of hydrogen-bond donors (Lipinski definition) is 1. The van der Waals surface area contributed by atoms with Crippen LogP contribution in [0.1, 0.15) is 18.5 Å². The molecule has 2 rings (SSSR count). The molecule has 3 nitrogen and oxygen atoms in total. The van der Waals surface area contributed by atoms with Gasteiger partial charge in [-0.05, 0) is 30.7 Å². The standard InChI is InChI=1S/C16H15BrClNO2/c1-11(12-6-2-3-7-13(12)17)19-16(20)10-21-15-9-5-4-8-14(15)18/h2-9,11H,10H2,1H3,(H,19,20). The van der Waals surface area contributed by atoms with E-state index in [0.29, 0.717) is 10.8 Å². The van der Waals surface area contributed by atoms with Crippen molar-refractivity contribution in [1.82, 2.24) is 5.32 Å². The zero-order valence-corrected chi connectivity index (χ0v) is 13.8. The predicted octanol–water partition coefficient (Wildman–Crippen LogP) is 4.36. The first-order valence-electron chi connectivity index (χ1n) is 6.49. The highest BCUT2D eigenvalue weighted by Gasteiger charge is 2.12. The Hall–Kier alpha value is -1.52. The SMILES string of the molecule is CC(NC(=O)COc1ccccc1Cl)c1ccccc1Br. The van der Waals surface area contributed by atoms with Gasteiger partial charge in [-0.3, -0.25) is 4.79 Å². The summed E-state index contributed by atoms with van der Waals surface area (Å²) in [5.74, 6) is 0.307. The van der Waals surface area contributed by atoms with Crippen molar-refractivity contribution in [3.63, 3.8) is 0 Å². The number of rotatable bonds is 5. The number of ether oxygens (including phenoxy) is 1. The minimum Gasteiger partial charge on any atom is -0.482 e. The van der Waals surface area contributed by atoms with Crippen LogP contribution in [0.2, 0.25) is 5.02 Å².